The summed E-state index contributed by atoms with van der Waals surface area (Å²) in [4.78, 5) is 12.4. The van der Waals surface area contributed by atoms with Crippen molar-refractivity contribution < 1.29 is 4.79 Å². The molecule has 1 spiro atoms. The van der Waals surface area contributed by atoms with Crippen molar-refractivity contribution in [1.82, 2.24) is 0 Å². The van der Waals surface area contributed by atoms with Gasteiger partial charge in [0.15, 0.2) is 0 Å². The Morgan fingerprint density at radius 2 is 1.81 bits per heavy atom. The van der Waals surface area contributed by atoms with E-state index >= 15 is 0 Å². The number of rotatable bonds is 0. The van der Waals surface area contributed by atoms with Crippen LogP contribution in [0.15, 0.2) is 0 Å². The van der Waals surface area contributed by atoms with Gasteiger partial charge in [-0.1, -0.05) is 0 Å². The van der Waals surface area contributed by atoms with Gasteiger partial charge in [0.05, 0.1) is 4.08 Å². The van der Waals surface area contributed by atoms with Crippen LogP contribution in [0.4, 0.5) is 0 Å². The van der Waals surface area contributed by atoms with E-state index in [1.807, 2.05) is 0 Å². The molecule has 6 fully saturated rings. The van der Waals surface area contributed by atoms with Crippen molar-refractivity contribution >= 4 is 29.3 Å². The first-order valence-electron chi connectivity index (χ1n) is 6.66. The number of hydrogen-bond donors (Lipinski definition) is 0. The average molecular weight is 250 g/mol. The van der Waals surface area contributed by atoms with Crippen molar-refractivity contribution in [2.24, 2.45) is 47.3 Å². The molecule has 0 aromatic heterocycles. The lowest BCUT2D eigenvalue weighted by atomic mass is 9.59. The normalized spacial score (nSPS) is 69.9. The number of Topliss-reactive ketones (excluding diaryl/α,β-unsaturated/α-hetero) is 1. The topological polar surface area (TPSA) is 17.1 Å². The third kappa shape index (κ3) is 0.534. The monoisotopic (exact) mass is 250 g/mol. The first-order chi connectivity index (χ1) is 7.84. The molecule has 1 aliphatic heterocycles. The highest BCUT2D eigenvalue weighted by Gasteiger charge is 2.88. The molecule has 6 rings (SSSR count). The number of ketones is 1. The zero-order chi connectivity index (χ0) is 10.2. The lowest BCUT2D eigenvalue weighted by Gasteiger charge is -2.50. The second kappa shape index (κ2) is 2.16. The summed E-state index contributed by atoms with van der Waals surface area (Å²) < 4.78 is 0.542. The molecule has 5 saturated carbocycles. The fourth-order valence-electron chi connectivity index (χ4n) is 6.94. The number of carbonyl (C=O) groups is 1. The molecule has 0 unspecified atom stereocenters. The maximum absolute atomic E-state index is 12.4. The van der Waals surface area contributed by atoms with Crippen molar-refractivity contribution in [3.05, 3.63) is 0 Å². The highest BCUT2D eigenvalue weighted by Crippen LogP contribution is 2.88. The number of hydrogen-bond acceptors (Lipinski definition) is 3. The van der Waals surface area contributed by atoms with Crippen LogP contribution in [0, 0.1) is 47.3 Å². The van der Waals surface area contributed by atoms with Gasteiger partial charge in [-0.15, -0.1) is 23.5 Å². The summed E-state index contributed by atoms with van der Waals surface area (Å²) in [6.07, 6.45) is 1.44. The summed E-state index contributed by atoms with van der Waals surface area (Å²) in [7, 11) is 0. The van der Waals surface area contributed by atoms with Crippen LogP contribution in [0.1, 0.15) is 6.42 Å². The highest BCUT2D eigenvalue weighted by molar-refractivity contribution is 8.21. The lowest BCUT2D eigenvalue weighted by Crippen LogP contribution is -2.53. The SMILES string of the molecule is O=C1[C@@H]2[C@H]3[C@@H]4C[C@@H]5[C@H]3[C@H]2C2(SCCS2)[C@@H]5[C@@H]14. The van der Waals surface area contributed by atoms with E-state index in [2.05, 4.69) is 23.5 Å². The number of thioether (sulfide) groups is 2. The van der Waals surface area contributed by atoms with Gasteiger partial charge in [-0.2, -0.15) is 0 Å². The van der Waals surface area contributed by atoms with Gasteiger partial charge in [0, 0.05) is 23.3 Å². The van der Waals surface area contributed by atoms with Crippen LogP contribution in [-0.2, 0) is 4.79 Å². The molecule has 84 valence electrons. The molecule has 0 aromatic carbocycles. The van der Waals surface area contributed by atoms with Gasteiger partial charge < -0.3 is 0 Å². The summed E-state index contributed by atoms with van der Waals surface area (Å²) in [5.74, 6) is 9.84. The largest absolute Gasteiger partial charge is 0.299 e. The summed E-state index contributed by atoms with van der Waals surface area (Å²) in [6.45, 7) is 0. The Bertz CT molecular complexity index is 441. The van der Waals surface area contributed by atoms with Gasteiger partial charge >= 0.3 is 0 Å². The van der Waals surface area contributed by atoms with Crippen molar-refractivity contribution in [2.75, 3.05) is 11.5 Å². The van der Waals surface area contributed by atoms with E-state index in [1.54, 1.807) is 0 Å². The molecule has 16 heavy (non-hydrogen) atoms. The molecule has 6 aliphatic rings. The smallest absolute Gasteiger partial charge is 0.140 e. The Balaban J connectivity index is 1.66. The van der Waals surface area contributed by atoms with Gasteiger partial charge in [-0.3, -0.25) is 4.79 Å². The van der Waals surface area contributed by atoms with Crippen LogP contribution >= 0.6 is 23.5 Å². The Labute approximate surface area is 103 Å². The zero-order valence-electron chi connectivity index (χ0n) is 8.96. The van der Waals surface area contributed by atoms with Crippen molar-refractivity contribution in [2.45, 2.75) is 10.5 Å². The fraction of sp³-hybridized carbons (Fsp3) is 0.923. The minimum atomic E-state index is 0.535. The minimum absolute atomic E-state index is 0.535. The van der Waals surface area contributed by atoms with E-state index in [0.717, 1.165) is 41.3 Å². The van der Waals surface area contributed by atoms with E-state index in [-0.39, 0.29) is 0 Å². The summed E-state index contributed by atoms with van der Waals surface area (Å²) in [5, 5.41) is 0. The lowest BCUT2D eigenvalue weighted by molar-refractivity contribution is -0.133. The highest BCUT2D eigenvalue weighted by atomic mass is 32.2. The van der Waals surface area contributed by atoms with Gasteiger partial charge in [-0.05, 0) is 41.9 Å². The zero-order valence-corrected chi connectivity index (χ0v) is 10.6. The van der Waals surface area contributed by atoms with E-state index in [9.17, 15) is 4.79 Å². The Kier molecular flexibility index (Phi) is 1.14. The van der Waals surface area contributed by atoms with Gasteiger partial charge in [0.2, 0.25) is 0 Å². The standard InChI is InChI=1S/C13H14OS2/c14-12-8-4-3-5-7-6(4)9(12)11(7)13(10(5)8)15-1-2-16-13/h4-11H,1-3H2/t4-,5+,6-,7+,8-,9+,10-,11+/m0/s1. The van der Waals surface area contributed by atoms with Crippen molar-refractivity contribution in [1.29, 1.82) is 0 Å². The second-order valence-corrected chi connectivity index (χ2v) is 9.65. The van der Waals surface area contributed by atoms with Gasteiger partial charge in [0.1, 0.15) is 5.78 Å². The summed E-state index contributed by atoms with van der Waals surface area (Å²) in [5.41, 5.74) is 0. The number of fused-ring (bicyclic) bond motifs is 4. The Morgan fingerprint density at radius 1 is 1.00 bits per heavy atom. The van der Waals surface area contributed by atoms with Crippen molar-refractivity contribution in [3.8, 4) is 0 Å². The molecule has 1 nitrogen and oxygen atoms in total. The molecule has 0 aromatic rings. The van der Waals surface area contributed by atoms with Crippen LogP contribution < -0.4 is 0 Å². The molecule has 1 saturated heterocycles. The fourth-order valence-corrected chi connectivity index (χ4v) is 11.1. The van der Waals surface area contributed by atoms with E-state index < -0.39 is 0 Å². The maximum Gasteiger partial charge on any atom is 0.140 e. The van der Waals surface area contributed by atoms with Crippen LogP contribution in [0.2, 0.25) is 0 Å². The average Bonchev–Trinajstić information content (AvgIpc) is 2.87. The molecule has 2 bridgehead atoms. The third-order valence-corrected chi connectivity index (χ3v) is 10.6. The van der Waals surface area contributed by atoms with E-state index in [4.69, 9.17) is 0 Å². The van der Waals surface area contributed by atoms with Crippen LogP contribution in [0.5, 0.6) is 0 Å². The minimum Gasteiger partial charge on any atom is -0.299 e. The molecule has 0 amide bonds. The predicted octanol–water partition coefficient (Wildman–Crippen LogP) is 2.12. The second-order valence-electron chi connectivity index (χ2n) is 6.64. The molecule has 3 heteroatoms. The third-order valence-electron chi connectivity index (χ3n) is 6.83. The van der Waals surface area contributed by atoms with Crippen molar-refractivity contribution in [3.63, 3.8) is 0 Å². The molecule has 5 aliphatic carbocycles. The first-order valence-corrected chi connectivity index (χ1v) is 8.63. The maximum atomic E-state index is 12.4. The Morgan fingerprint density at radius 3 is 2.62 bits per heavy atom. The quantitative estimate of drug-likeness (QED) is 0.655. The van der Waals surface area contributed by atoms with Crippen LogP contribution in [0.3, 0.4) is 0 Å². The number of carbonyl (C=O) groups excluding carboxylic acids is 1. The molecule has 1 heterocycles. The molecular weight excluding hydrogens is 236 g/mol. The first kappa shape index (κ1) is 8.47. The Hall–Kier alpha value is 0.370. The summed E-state index contributed by atoms with van der Waals surface area (Å²) in [6, 6.07) is 0. The van der Waals surface area contributed by atoms with Crippen LogP contribution in [-0.4, -0.2) is 21.4 Å². The molecular formula is C13H14OS2. The van der Waals surface area contributed by atoms with Crippen LogP contribution in [0.25, 0.3) is 0 Å². The summed E-state index contributed by atoms with van der Waals surface area (Å²) >= 11 is 4.50. The van der Waals surface area contributed by atoms with Gasteiger partial charge in [-0.25, -0.2) is 0 Å². The predicted molar refractivity (Wildman–Crippen MR) is 65.2 cm³/mol. The molecule has 0 N–H and O–H groups in total. The van der Waals surface area contributed by atoms with E-state index in [0.29, 0.717) is 15.9 Å². The molecule has 0 radical (unpaired) electrons. The molecule has 8 atom stereocenters. The van der Waals surface area contributed by atoms with E-state index in [1.165, 1.54) is 17.9 Å². The van der Waals surface area contributed by atoms with Gasteiger partial charge in [0.25, 0.3) is 0 Å².